The molecule has 2 rings (SSSR count). The van der Waals surface area contributed by atoms with Crippen LogP contribution in [0.2, 0.25) is 0 Å². The predicted molar refractivity (Wildman–Crippen MR) is 68.9 cm³/mol. The van der Waals surface area contributed by atoms with E-state index in [1.54, 1.807) is 0 Å². The second-order valence-corrected chi connectivity index (χ2v) is 4.79. The zero-order chi connectivity index (χ0) is 12.1. The van der Waals surface area contributed by atoms with Crippen molar-refractivity contribution >= 4 is 0 Å². The first-order valence-electron chi connectivity index (χ1n) is 6.50. The molecule has 0 aromatic carbocycles. The van der Waals surface area contributed by atoms with E-state index in [2.05, 4.69) is 10.2 Å². The van der Waals surface area contributed by atoms with Gasteiger partial charge in [0.25, 0.3) is 0 Å². The Morgan fingerprint density at radius 1 is 1.41 bits per heavy atom. The maximum absolute atomic E-state index is 6.10. The summed E-state index contributed by atoms with van der Waals surface area (Å²) in [6.45, 7) is 7.66. The molecule has 4 nitrogen and oxygen atoms in total. The molecule has 0 amide bonds. The van der Waals surface area contributed by atoms with Crippen molar-refractivity contribution in [2.75, 3.05) is 32.7 Å². The second kappa shape index (κ2) is 6.19. The lowest BCUT2D eigenvalue weighted by molar-refractivity contribution is 0.233. The van der Waals surface area contributed by atoms with E-state index in [1.807, 2.05) is 19.1 Å². The molecular weight excluding hydrogens is 214 g/mol. The number of nitrogens with two attached hydrogens (primary N) is 1. The molecule has 17 heavy (non-hydrogen) atoms. The Bertz CT molecular complexity index is 331. The molecule has 3 N–H and O–H groups in total. The van der Waals surface area contributed by atoms with Gasteiger partial charge in [0, 0.05) is 26.2 Å². The van der Waals surface area contributed by atoms with Gasteiger partial charge in [-0.2, -0.15) is 0 Å². The highest BCUT2D eigenvalue weighted by Gasteiger charge is 2.12. The molecule has 1 saturated heterocycles. The normalized spacial score (nSPS) is 19.4. The van der Waals surface area contributed by atoms with Gasteiger partial charge in [-0.05, 0) is 38.4 Å². The van der Waals surface area contributed by atoms with Gasteiger partial charge >= 0.3 is 0 Å². The molecule has 1 atom stereocenters. The van der Waals surface area contributed by atoms with Gasteiger partial charge in [0.05, 0.1) is 6.04 Å². The summed E-state index contributed by atoms with van der Waals surface area (Å²) in [5.74, 6) is 1.86. The van der Waals surface area contributed by atoms with Crippen molar-refractivity contribution in [1.82, 2.24) is 10.2 Å². The quantitative estimate of drug-likeness (QED) is 0.810. The summed E-state index contributed by atoms with van der Waals surface area (Å²) in [6, 6.07) is 4.02. The van der Waals surface area contributed by atoms with Crippen LogP contribution in [0.15, 0.2) is 16.5 Å². The van der Waals surface area contributed by atoms with Gasteiger partial charge in [0.15, 0.2) is 0 Å². The molecule has 1 aromatic rings. The smallest absolute Gasteiger partial charge is 0.120 e. The molecule has 96 valence electrons. The number of nitrogens with one attached hydrogen (secondary N) is 1. The van der Waals surface area contributed by atoms with Crippen molar-refractivity contribution in [1.29, 1.82) is 0 Å². The maximum atomic E-state index is 6.10. The summed E-state index contributed by atoms with van der Waals surface area (Å²) in [5, 5.41) is 3.36. The Morgan fingerprint density at radius 2 is 2.18 bits per heavy atom. The highest BCUT2D eigenvalue weighted by molar-refractivity contribution is 5.08. The lowest BCUT2D eigenvalue weighted by Gasteiger charge is -2.27. The minimum Gasteiger partial charge on any atom is -0.465 e. The molecule has 1 aromatic heterocycles. The Morgan fingerprint density at radius 3 is 2.82 bits per heavy atom. The number of hydrogen-bond donors (Lipinski definition) is 2. The molecule has 1 aliphatic heterocycles. The molecule has 4 heteroatoms. The fourth-order valence-electron chi connectivity index (χ4n) is 2.26. The van der Waals surface area contributed by atoms with Crippen LogP contribution >= 0.6 is 0 Å². The van der Waals surface area contributed by atoms with E-state index < -0.39 is 0 Å². The van der Waals surface area contributed by atoms with Gasteiger partial charge in [-0.15, -0.1) is 0 Å². The Labute approximate surface area is 103 Å². The van der Waals surface area contributed by atoms with E-state index in [9.17, 15) is 0 Å². The Balaban J connectivity index is 1.67. The van der Waals surface area contributed by atoms with E-state index in [4.69, 9.17) is 10.2 Å². The van der Waals surface area contributed by atoms with Gasteiger partial charge in [0.2, 0.25) is 0 Å². The molecule has 0 saturated carbocycles. The molecule has 0 radical (unpaired) electrons. The van der Waals surface area contributed by atoms with Crippen LogP contribution in [0.4, 0.5) is 0 Å². The van der Waals surface area contributed by atoms with Crippen LogP contribution in [0.3, 0.4) is 0 Å². The lowest BCUT2D eigenvalue weighted by atomic mass is 10.1. The van der Waals surface area contributed by atoms with Crippen molar-refractivity contribution in [3.63, 3.8) is 0 Å². The highest BCUT2D eigenvalue weighted by atomic mass is 16.3. The summed E-state index contributed by atoms with van der Waals surface area (Å²) in [6.07, 6.45) is 2.14. The van der Waals surface area contributed by atoms with Gasteiger partial charge in [-0.25, -0.2) is 0 Å². The van der Waals surface area contributed by atoms with Crippen LogP contribution in [-0.2, 0) is 0 Å². The SMILES string of the molecule is Cc1ccc(C(N)CCCN2CCNCC2)o1. The number of furan rings is 1. The van der Waals surface area contributed by atoms with Crippen LogP contribution in [0, 0.1) is 6.92 Å². The number of aryl methyl sites for hydroxylation is 1. The second-order valence-electron chi connectivity index (χ2n) is 4.79. The average Bonchev–Trinajstić information content (AvgIpc) is 2.77. The predicted octanol–water partition coefficient (Wildman–Crippen LogP) is 1.27. The molecule has 1 unspecified atom stereocenters. The van der Waals surface area contributed by atoms with E-state index in [1.165, 1.54) is 0 Å². The Hall–Kier alpha value is -0.840. The van der Waals surface area contributed by atoms with Gasteiger partial charge < -0.3 is 20.4 Å². The molecule has 1 aliphatic rings. The zero-order valence-corrected chi connectivity index (χ0v) is 10.6. The summed E-state index contributed by atoms with van der Waals surface area (Å²) in [7, 11) is 0. The third kappa shape index (κ3) is 3.84. The first kappa shape index (κ1) is 12.6. The average molecular weight is 237 g/mol. The van der Waals surface area contributed by atoms with E-state index in [0.717, 1.165) is 57.1 Å². The van der Waals surface area contributed by atoms with Gasteiger partial charge in [0.1, 0.15) is 11.5 Å². The van der Waals surface area contributed by atoms with E-state index in [-0.39, 0.29) is 6.04 Å². The monoisotopic (exact) mass is 237 g/mol. The summed E-state index contributed by atoms with van der Waals surface area (Å²) < 4.78 is 5.54. The Kier molecular flexibility index (Phi) is 4.59. The van der Waals surface area contributed by atoms with Crippen molar-refractivity contribution in [3.8, 4) is 0 Å². The fourth-order valence-corrected chi connectivity index (χ4v) is 2.26. The number of hydrogen-bond acceptors (Lipinski definition) is 4. The standard InChI is InChI=1S/C13H23N3O/c1-11-4-5-13(17-11)12(14)3-2-8-16-9-6-15-7-10-16/h4-5,12,15H,2-3,6-10,14H2,1H3. The third-order valence-electron chi connectivity index (χ3n) is 3.33. The molecule has 0 spiro atoms. The highest BCUT2D eigenvalue weighted by Crippen LogP contribution is 2.18. The minimum absolute atomic E-state index is 0.0478. The lowest BCUT2D eigenvalue weighted by Crippen LogP contribution is -2.43. The topological polar surface area (TPSA) is 54.4 Å². The van der Waals surface area contributed by atoms with Crippen molar-refractivity contribution < 1.29 is 4.42 Å². The van der Waals surface area contributed by atoms with Crippen LogP contribution in [0.5, 0.6) is 0 Å². The number of piperazine rings is 1. The summed E-state index contributed by atoms with van der Waals surface area (Å²) in [4.78, 5) is 2.50. The zero-order valence-electron chi connectivity index (χ0n) is 10.6. The van der Waals surface area contributed by atoms with Crippen LogP contribution in [0.1, 0.15) is 30.4 Å². The van der Waals surface area contributed by atoms with Gasteiger partial charge in [-0.3, -0.25) is 0 Å². The van der Waals surface area contributed by atoms with Crippen molar-refractivity contribution in [2.24, 2.45) is 5.73 Å². The van der Waals surface area contributed by atoms with Crippen molar-refractivity contribution in [3.05, 3.63) is 23.7 Å². The summed E-state index contributed by atoms with van der Waals surface area (Å²) in [5.41, 5.74) is 6.10. The first-order chi connectivity index (χ1) is 8.25. The largest absolute Gasteiger partial charge is 0.465 e. The minimum atomic E-state index is 0.0478. The molecule has 0 aliphatic carbocycles. The summed E-state index contributed by atoms with van der Waals surface area (Å²) >= 11 is 0. The number of rotatable bonds is 5. The van der Waals surface area contributed by atoms with Gasteiger partial charge in [-0.1, -0.05) is 0 Å². The van der Waals surface area contributed by atoms with E-state index in [0.29, 0.717) is 0 Å². The van der Waals surface area contributed by atoms with Crippen molar-refractivity contribution in [2.45, 2.75) is 25.8 Å². The molecular formula is C13H23N3O. The van der Waals surface area contributed by atoms with E-state index >= 15 is 0 Å². The van der Waals surface area contributed by atoms with Crippen LogP contribution in [0.25, 0.3) is 0 Å². The van der Waals surface area contributed by atoms with Crippen LogP contribution in [-0.4, -0.2) is 37.6 Å². The third-order valence-corrected chi connectivity index (χ3v) is 3.33. The molecule has 0 bridgehead atoms. The molecule has 1 fully saturated rings. The number of nitrogens with zero attached hydrogens (tertiary/aromatic N) is 1. The molecule has 2 heterocycles. The fraction of sp³-hybridized carbons (Fsp3) is 0.692. The first-order valence-corrected chi connectivity index (χ1v) is 6.50. The van der Waals surface area contributed by atoms with Crippen LogP contribution < -0.4 is 11.1 Å². The maximum Gasteiger partial charge on any atom is 0.120 e.